The molecule has 0 saturated carbocycles. The van der Waals surface area contributed by atoms with Crippen LogP contribution in [0.1, 0.15) is 23.1 Å². The molecule has 0 bridgehead atoms. The van der Waals surface area contributed by atoms with Gasteiger partial charge in [-0.15, -0.1) is 0 Å². The van der Waals surface area contributed by atoms with Crippen molar-refractivity contribution in [3.8, 4) is 5.75 Å². The summed E-state index contributed by atoms with van der Waals surface area (Å²) in [6.07, 6.45) is 0. The number of carbonyl (C=O) groups excluding carboxylic acids is 2. The number of rotatable bonds is 6. The summed E-state index contributed by atoms with van der Waals surface area (Å²) in [7, 11) is 5.32. The summed E-state index contributed by atoms with van der Waals surface area (Å²) in [4.78, 5) is 28.9. The molecule has 0 spiro atoms. The summed E-state index contributed by atoms with van der Waals surface area (Å²) in [5, 5.41) is 10.9. The second-order valence-electron chi connectivity index (χ2n) is 6.97. The zero-order valence-corrected chi connectivity index (χ0v) is 16.4. The average Bonchev–Trinajstić information content (AvgIpc) is 3.21. The Kier molecular flexibility index (Phi) is 5.56. The molecule has 1 aromatic carbocycles. The smallest absolute Gasteiger partial charge is 0.295 e. The Morgan fingerprint density at radius 1 is 1.18 bits per heavy atom. The van der Waals surface area contributed by atoms with E-state index in [1.54, 1.807) is 50.4 Å². The molecule has 1 amide bonds. The first-order valence-electron chi connectivity index (χ1n) is 8.97. The fraction of sp³-hybridized carbons (Fsp3) is 0.333. The highest BCUT2D eigenvalue weighted by Crippen LogP contribution is 2.39. The molecule has 1 aliphatic rings. The number of Topliss-reactive ketones (excluding diaryl/α,β-unsaturated/α-hetero) is 1. The lowest BCUT2D eigenvalue weighted by atomic mass is 9.99. The third-order valence-corrected chi connectivity index (χ3v) is 4.72. The van der Waals surface area contributed by atoms with Crippen LogP contribution in [0.5, 0.6) is 5.75 Å². The van der Waals surface area contributed by atoms with Gasteiger partial charge >= 0.3 is 0 Å². The minimum Gasteiger partial charge on any atom is -0.507 e. The molecule has 2 aromatic rings. The number of ketones is 1. The Balaban J connectivity index is 2.09. The zero-order chi connectivity index (χ0) is 20.4. The normalized spacial score (nSPS) is 18.9. The number of likely N-dealkylation sites (tertiary alicyclic amines) is 1. The number of benzene rings is 1. The fourth-order valence-electron chi connectivity index (χ4n) is 3.22. The molecule has 3 rings (SSSR count). The number of furan rings is 1. The third-order valence-electron chi connectivity index (χ3n) is 4.72. The van der Waals surface area contributed by atoms with Gasteiger partial charge in [-0.25, -0.2) is 0 Å². The number of amides is 1. The number of ether oxygens (including phenoxy) is 1. The number of likely N-dealkylation sites (N-methyl/N-ethyl adjacent to an activating group) is 1. The van der Waals surface area contributed by atoms with Crippen LogP contribution in [0.15, 0.2) is 46.4 Å². The van der Waals surface area contributed by atoms with Gasteiger partial charge in [0.05, 0.1) is 12.7 Å². The van der Waals surface area contributed by atoms with Crippen LogP contribution >= 0.6 is 0 Å². The van der Waals surface area contributed by atoms with Crippen LogP contribution in [-0.2, 0) is 9.59 Å². The van der Waals surface area contributed by atoms with E-state index in [1.807, 2.05) is 19.0 Å². The highest BCUT2D eigenvalue weighted by atomic mass is 16.5. The Labute approximate surface area is 163 Å². The first-order chi connectivity index (χ1) is 13.3. The number of hydrogen-bond donors (Lipinski definition) is 1. The summed E-state index contributed by atoms with van der Waals surface area (Å²) < 4.78 is 10.9. The molecular formula is C21H24N2O5. The number of aliphatic hydroxyl groups is 1. The number of aryl methyl sites for hydroxylation is 1. The predicted octanol–water partition coefficient (Wildman–Crippen LogP) is 2.58. The molecule has 148 valence electrons. The number of nitrogens with zero attached hydrogens (tertiary/aromatic N) is 2. The minimum atomic E-state index is -0.768. The van der Waals surface area contributed by atoms with Crippen LogP contribution < -0.4 is 4.74 Å². The Bertz CT molecular complexity index is 911. The molecule has 1 N–H and O–H groups in total. The van der Waals surface area contributed by atoms with Gasteiger partial charge in [0.15, 0.2) is 0 Å². The van der Waals surface area contributed by atoms with E-state index in [4.69, 9.17) is 9.15 Å². The largest absolute Gasteiger partial charge is 0.507 e. The van der Waals surface area contributed by atoms with Gasteiger partial charge in [0.25, 0.3) is 11.7 Å². The van der Waals surface area contributed by atoms with Crippen LogP contribution in [0, 0.1) is 6.92 Å². The van der Waals surface area contributed by atoms with Crippen molar-refractivity contribution < 1.29 is 23.8 Å². The molecule has 1 saturated heterocycles. The van der Waals surface area contributed by atoms with E-state index in [-0.39, 0.29) is 11.3 Å². The molecule has 1 unspecified atom stereocenters. The van der Waals surface area contributed by atoms with Crippen molar-refractivity contribution in [3.05, 3.63) is 59.1 Å². The molecular weight excluding hydrogens is 360 g/mol. The van der Waals surface area contributed by atoms with Crippen molar-refractivity contribution in [2.45, 2.75) is 13.0 Å². The average molecular weight is 384 g/mol. The van der Waals surface area contributed by atoms with E-state index < -0.39 is 17.7 Å². The van der Waals surface area contributed by atoms with Crippen molar-refractivity contribution >= 4 is 17.4 Å². The Morgan fingerprint density at radius 3 is 2.39 bits per heavy atom. The van der Waals surface area contributed by atoms with Gasteiger partial charge in [0, 0.05) is 18.7 Å². The van der Waals surface area contributed by atoms with E-state index in [2.05, 4.69) is 0 Å². The fourth-order valence-corrected chi connectivity index (χ4v) is 3.22. The third kappa shape index (κ3) is 3.66. The summed E-state index contributed by atoms with van der Waals surface area (Å²) in [6.45, 7) is 2.70. The maximum atomic E-state index is 12.8. The second-order valence-corrected chi connectivity index (χ2v) is 6.97. The predicted molar refractivity (Wildman–Crippen MR) is 104 cm³/mol. The molecule has 0 aliphatic carbocycles. The monoisotopic (exact) mass is 384 g/mol. The van der Waals surface area contributed by atoms with Gasteiger partial charge in [0.1, 0.15) is 29.1 Å². The molecule has 2 heterocycles. The Morgan fingerprint density at radius 2 is 1.86 bits per heavy atom. The standard InChI is InChI=1S/C21H24N2O5/c1-13-5-10-16(28-13)18-17(19(24)14-6-8-15(27-4)9-7-14)20(25)21(26)23(18)12-11-22(2)3/h5-10,18,24H,11-12H2,1-4H3/b19-17-. The molecule has 0 radical (unpaired) electrons. The SMILES string of the molecule is COc1ccc(/C(O)=C2/C(=O)C(=O)N(CCN(C)C)C2c2ccc(C)o2)cc1. The van der Waals surface area contributed by atoms with Crippen LogP contribution in [0.3, 0.4) is 0 Å². The van der Waals surface area contributed by atoms with Crippen LogP contribution in [-0.4, -0.2) is 60.9 Å². The van der Waals surface area contributed by atoms with Crippen molar-refractivity contribution in [3.63, 3.8) is 0 Å². The molecule has 1 aliphatic heterocycles. The minimum absolute atomic E-state index is 0.0308. The maximum Gasteiger partial charge on any atom is 0.295 e. The van der Waals surface area contributed by atoms with Gasteiger partial charge in [-0.2, -0.15) is 0 Å². The number of carbonyl (C=O) groups is 2. The summed E-state index contributed by atoms with van der Waals surface area (Å²) in [5.74, 6) is 0.152. The number of aliphatic hydroxyl groups excluding tert-OH is 1. The van der Waals surface area contributed by atoms with E-state index >= 15 is 0 Å². The summed E-state index contributed by atoms with van der Waals surface area (Å²) in [6, 6.07) is 9.39. The lowest BCUT2D eigenvalue weighted by Crippen LogP contribution is -2.35. The molecule has 28 heavy (non-hydrogen) atoms. The van der Waals surface area contributed by atoms with Crippen LogP contribution in [0.25, 0.3) is 5.76 Å². The van der Waals surface area contributed by atoms with Gasteiger partial charge in [-0.1, -0.05) is 0 Å². The van der Waals surface area contributed by atoms with Crippen molar-refractivity contribution in [2.75, 3.05) is 34.3 Å². The Hall–Kier alpha value is -3.06. The van der Waals surface area contributed by atoms with Crippen LogP contribution in [0.4, 0.5) is 0 Å². The molecule has 7 nitrogen and oxygen atoms in total. The maximum absolute atomic E-state index is 12.8. The van der Waals surface area contributed by atoms with Gasteiger partial charge in [-0.3, -0.25) is 9.59 Å². The first-order valence-corrected chi connectivity index (χ1v) is 8.97. The molecule has 1 aromatic heterocycles. The molecule has 1 atom stereocenters. The van der Waals surface area contributed by atoms with E-state index in [0.29, 0.717) is 35.9 Å². The van der Waals surface area contributed by atoms with E-state index in [9.17, 15) is 14.7 Å². The molecule has 1 fully saturated rings. The number of methoxy groups -OCH3 is 1. The summed E-state index contributed by atoms with van der Waals surface area (Å²) >= 11 is 0. The molecule has 7 heteroatoms. The van der Waals surface area contributed by atoms with E-state index in [0.717, 1.165) is 0 Å². The first kappa shape index (κ1) is 19.7. The number of hydrogen-bond acceptors (Lipinski definition) is 6. The van der Waals surface area contributed by atoms with Crippen molar-refractivity contribution in [1.29, 1.82) is 0 Å². The highest BCUT2D eigenvalue weighted by Gasteiger charge is 2.47. The van der Waals surface area contributed by atoms with Crippen molar-refractivity contribution in [2.24, 2.45) is 0 Å². The van der Waals surface area contributed by atoms with E-state index in [1.165, 1.54) is 4.90 Å². The highest BCUT2D eigenvalue weighted by molar-refractivity contribution is 6.46. The second kappa shape index (κ2) is 7.90. The van der Waals surface area contributed by atoms with Gasteiger partial charge < -0.3 is 24.1 Å². The van der Waals surface area contributed by atoms with Gasteiger partial charge in [-0.05, 0) is 57.4 Å². The summed E-state index contributed by atoms with van der Waals surface area (Å²) in [5.41, 5.74) is 0.461. The lowest BCUT2D eigenvalue weighted by Gasteiger charge is -2.24. The van der Waals surface area contributed by atoms with Crippen molar-refractivity contribution in [1.82, 2.24) is 9.80 Å². The lowest BCUT2D eigenvalue weighted by molar-refractivity contribution is -0.140. The quantitative estimate of drug-likeness (QED) is 0.468. The van der Waals surface area contributed by atoms with Gasteiger partial charge in [0.2, 0.25) is 0 Å². The van der Waals surface area contributed by atoms with Crippen LogP contribution in [0.2, 0.25) is 0 Å². The zero-order valence-electron chi connectivity index (χ0n) is 16.4. The topological polar surface area (TPSA) is 83.2 Å².